The van der Waals surface area contributed by atoms with E-state index >= 15 is 0 Å². The predicted molar refractivity (Wildman–Crippen MR) is 102 cm³/mol. The minimum atomic E-state index is -0.596. The van der Waals surface area contributed by atoms with Crippen molar-refractivity contribution in [1.82, 2.24) is 19.5 Å². The normalized spacial score (nSPS) is 19.0. The molecule has 1 aliphatic rings. The van der Waals surface area contributed by atoms with E-state index in [0.29, 0.717) is 18.0 Å². The van der Waals surface area contributed by atoms with Crippen LogP contribution in [0.3, 0.4) is 0 Å². The van der Waals surface area contributed by atoms with Gasteiger partial charge in [-0.2, -0.15) is 0 Å². The summed E-state index contributed by atoms with van der Waals surface area (Å²) < 4.78 is 7.96. The number of aryl methyl sites for hydroxylation is 1. The molecule has 2 atom stereocenters. The first kappa shape index (κ1) is 16.3. The lowest BCUT2D eigenvalue weighted by molar-refractivity contribution is 0.0874. The molecule has 138 valence electrons. The van der Waals surface area contributed by atoms with Crippen LogP contribution in [-0.4, -0.2) is 37.7 Å². The predicted octanol–water partition coefficient (Wildman–Crippen LogP) is 3.06. The second-order valence-corrected chi connectivity index (χ2v) is 7.16. The average Bonchev–Trinajstić information content (AvgIpc) is 3.30. The van der Waals surface area contributed by atoms with Gasteiger partial charge < -0.3 is 19.0 Å². The summed E-state index contributed by atoms with van der Waals surface area (Å²) in [5.41, 5.74) is 2.36. The maximum Gasteiger partial charge on any atom is 0.196 e. The molecule has 1 N–H and O–H groups in total. The zero-order valence-corrected chi connectivity index (χ0v) is 15.1. The number of benzene rings is 1. The van der Waals surface area contributed by atoms with Gasteiger partial charge in [-0.15, -0.1) is 0 Å². The van der Waals surface area contributed by atoms with Gasteiger partial charge in [0.05, 0.1) is 0 Å². The molecule has 27 heavy (non-hydrogen) atoms. The van der Waals surface area contributed by atoms with Gasteiger partial charge in [0.25, 0.3) is 0 Å². The smallest absolute Gasteiger partial charge is 0.196 e. The Labute approximate surface area is 156 Å². The van der Waals surface area contributed by atoms with Crippen LogP contribution >= 0.6 is 0 Å². The Morgan fingerprint density at radius 3 is 2.96 bits per heavy atom. The monoisotopic (exact) mass is 363 g/mol. The van der Waals surface area contributed by atoms with Crippen LogP contribution in [-0.2, 0) is 7.05 Å². The molecule has 3 aromatic heterocycles. The highest BCUT2D eigenvalue weighted by Gasteiger charge is 2.31. The maximum absolute atomic E-state index is 10.8. The highest BCUT2D eigenvalue weighted by atomic mass is 16.3. The molecule has 0 aliphatic carbocycles. The molecule has 4 aromatic rings. The molecular formula is C20H21N5O2. The minimum Gasteiger partial charge on any atom is -0.450 e. The Kier molecular flexibility index (Phi) is 3.82. The Bertz CT molecular complexity index is 1100. The molecule has 2 unspecified atom stereocenters. The van der Waals surface area contributed by atoms with Gasteiger partial charge in [-0.1, -0.05) is 12.1 Å². The van der Waals surface area contributed by atoms with Crippen LogP contribution in [0.2, 0.25) is 0 Å². The third kappa shape index (κ3) is 2.66. The van der Waals surface area contributed by atoms with E-state index in [2.05, 4.69) is 19.9 Å². The van der Waals surface area contributed by atoms with Crippen LogP contribution in [0.25, 0.3) is 22.1 Å². The average molecular weight is 363 g/mol. The molecule has 1 fully saturated rings. The molecule has 1 aliphatic heterocycles. The maximum atomic E-state index is 10.8. The van der Waals surface area contributed by atoms with Crippen molar-refractivity contribution < 1.29 is 9.52 Å². The first-order chi connectivity index (χ1) is 13.2. The lowest BCUT2D eigenvalue weighted by Gasteiger charge is -2.35. The van der Waals surface area contributed by atoms with Gasteiger partial charge >= 0.3 is 0 Å². The third-order valence-electron chi connectivity index (χ3n) is 5.47. The molecule has 0 saturated carbocycles. The zero-order valence-electron chi connectivity index (χ0n) is 15.1. The van der Waals surface area contributed by atoms with E-state index in [-0.39, 0.29) is 5.92 Å². The van der Waals surface area contributed by atoms with Gasteiger partial charge in [-0.05, 0) is 25.0 Å². The van der Waals surface area contributed by atoms with E-state index in [1.807, 2.05) is 42.1 Å². The number of anilines is 1. The SMILES string of the molecule is Cn1ccnc1C(O)C1CCCN(c2ncnc3c2oc2ccccc23)C1. The van der Waals surface area contributed by atoms with E-state index in [9.17, 15) is 5.11 Å². The lowest BCUT2D eigenvalue weighted by Crippen LogP contribution is -2.39. The standard InChI is InChI=1S/C20H21N5O2/c1-24-10-8-21-19(24)17(26)13-5-4-9-25(11-13)20-18-16(22-12-23-20)14-6-2-3-7-15(14)27-18/h2-3,6-8,10,12-13,17,26H,4-5,9,11H2,1H3. The van der Waals surface area contributed by atoms with Crippen LogP contribution in [0, 0.1) is 5.92 Å². The fraction of sp³-hybridized carbons (Fsp3) is 0.350. The summed E-state index contributed by atoms with van der Waals surface area (Å²) in [6.07, 6.45) is 6.53. The van der Waals surface area contributed by atoms with Gasteiger partial charge in [-0.25, -0.2) is 15.0 Å². The number of aliphatic hydroxyl groups excluding tert-OH is 1. The molecule has 4 heterocycles. The first-order valence-electron chi connectivity index (χ1n) is 9.25. The number of aliphatic hydroxyl groups is 1. The second-order valence-electron chi connectivity index (χ2n) is 7.16. The van der Waals surface area contributed by atoms with E-state index < -0.39 is 6.10 Å². The molecule has 0 spiro atoms. The summed E-state index contributed by atoms with van der Waals surface area (Å²) in [7, 11) is 1.91. The fourth-order valence-electron chi connectivity index (χ4n) is 4.07. The summed E-state index contributed by atoms with van der Waals surface area (Å²) in [5, 5.41) is 11.8. The first-order valence-corrected chi connectivity index (χ1v) is 9.25. The molecule has 1 saturated heterocycles. The van der Waals surface area contributed by atoms with Crippen molar-refractivity contribution in [2.45, 2.75) is 18.9 Å². The van der Waals surface area contributed by atoms with Gasteiger partial charge in [0, 0.05) is 43.8 Å². The van der Waals surface area contributed by atoms with Crippen LogP contribution in [0.5, 0.6) is 0 Å². The van der Waals surface area contributed by atoms with Gasteiger partial charge in [-0.3, -0.25) is 0 Å². The second kappa shape index (κ2) is 6.35. The molecule has 7 nitrogen and oxygen atoms in total. The number of nitrogens with zero attached hydrogens (tertiary/aromatic N) is 5. The van der Waals surface area contributed by atoms with E-state index in [1.54, 1.807) is 12.5 Å². The highest BCUT2D eigenvalue weighted by molar-refractivity contribution is 6.05. The summed E-state index contributed by atoms with van der Waals surface area (Å²) in [5.74, 6) is 1.60. The number of aromatic nitrogens is 4. The molecular weight excluding hydrogens is 342 g/mol. The van der Waals surface area contributed by atoms with Crippen molar-refractivity contribution in [1.29, 1.82) is 0 Å². The number of hydrogen-bond acceptors (Lipinski definition) is 6. The van der Waals surface area contributed by atoms with Crippen LogP contribution in [0.15, 0.2) is 47.4 Å². The zero-order chi connectivity index (χ0) is 18.4. The Morgan fingerprint density at radius 1 is 1.22 bits per heavy atom. The number of imidazole rings is 1. The van der Waals surface area contributed by atoms with E-state index in [0.717, 1.165) is 41.7 Å². The topological polar surface area (TPSA) is 80.2 Å². The highest BCUT2D eigenvalue weighted by Crippen LogP contribution is 2.35. The van der Waals surface area contributed by atoms with Crippen molar-refractivity contribution >= 4 is 27.9 Å². The van der Waals surface area contributed by atoms with Crippen LogP contribution in [0.4, 0.5) is 5.82 Å². The van der Waals surface area contributed by atoms with Crippen molar-refractivity contribution in [2.75, 3.05) is 18.0 Å². The quantitative estimate of drug-likeness (QED) is 0.603. The van der Waals surface area contributed by atoms with Crippen LogP contribution < -0.4 is 4.90 Å². The fourth-order valence-corrected chi connectivity index (χ4v) is 4.07. The summed E-state index contributed by atoms with van der Waals surface area (Å²) >= 11 is 0. The molecule has 0 radical (unpaired) electrons. The molecule has 7 heteroatoms. The number of rotatable bonds is 3. The lowest BCUT2D eigenvalue weighted by atomic mass is 9.92. The largest absolute Gasteiger partial charge is 0.450 e. The molecule has 5 rings (SSSR count). The number of fused-ring (bicyclic) bond motifs is 3. The summed E-state index contributed by atoms with van der Waals surface area (Å²) in [4.78, 5) is 15.5. The Morgan fingerprint density at radius 2 is 2.11 bits per heavy atom. The number of furan rings is 1. The summed E-state index contributed by atoms with van der Waals surface area (Å²) in [6.45, 7) is 1.59. The van der Waals surface area contributed by atoms with E-state index in [1.165, 1.54) is 0 Å². The van der Waals surface area contributed by atoms with Crippen molar-refractivity contribution in [3.05, 3.63) is 48.8 Å². The van der Waals surface area contributed by atoms with Gasteiger partial charge in [0.1, 0.15) is 29.4 Å². The molecule has 0 amide bonds. The van der Waals surface area contributed by atoms with Crippen LogP contribution in [0.1, 0.15) is 24.8 Å². The van der Waals surface area contributed by atoms with E-state index in [4.69, 9.17) is 4.42 Å². The number of hydrogen-bond donors (Lipinski definition) is 1. The third-order valence-corrected chi connectivity index (χ3v) is 5.47. The Balaban J connectivity index is 1.50. The molecule has 1 aromatic carbocycles. The number of piperidine rings is 1. The number of para-hydroxylation sites is 1. The van der Waals surface area contributed by atoms with Gasteiger partial charge in [0.2, 0.25) is 0 Å². The van der Waals surface area contributed by atoms with Crippen molar-refractivity contribution in [3.63, 3.8) is 0 Å². The molecule has 0 bridgehead atoms. The summed E-state index contributed by atoms with van der Waals surface area (Å²) in [6, 6.07) is 7.91. The van der Waals surface area contributed by atoms with Crippen molar-refractivity contribution in [3.8, 4) is 0 Å². The minimum absolute atomic E-state index is 0.0919. The van der Waals surface area contributed by atoms with Crippen molar-refractivity contribution in [2.24, 2.45) is 13.0 Å². The Hall–Kier alpha value is -2.93. The van der Waals surface area contributed by atoms with Gasteiger partial charge in [0.15, 0.2) is 11.4 Å².